The highest BCUT2D eigenvalue weighted by atomic mass is 16.5. The lowest BCUT2D eigenvalue weighted by molar-refractivity contribution is -0.123. The minimum atomic E-state index is 0.263. The van der Waals surface area contributed by atoms with Gasteiger partial charge in [-0.05, 0) is 19.3 Å². The second kappa shape index (κ2) is 4.50. The summed E-state index contributed by atoms with van der Waals surface area (Å²) in [6.07, 6.45) is 4.49. The maximum atomic E-state index is 11.0. The zero-order chi connectivity index (χ0) is 8.10. The normalized spacial score (nSPS) is 16.8. The van der Waals surface area contributed by atoms with Gasteiger partial charge >= 0.3 is 0 Å². The molecule has 0 aliphatic heterocycles. The number of hydrogen-bond acceptors (Lipinski definition) is 2. The third-order valence-corrected chi connectivity index (χ3v) is 2.00. The van der Waals surface area contributed by atoms with Crippen molar-refractivity contribution in [1.82, 2.24) is 0 Å². The van der Waals surface area contributed by atoms with Gasteiger partial charge in [0.25, 0.3) is 0 Å². The highest BCUT2D eigenvalue weighted by Gasteiger charge is 2.21. The Labute approximate surface area is 67.9 Å². The first kappa shape index (κ1) is 8.72. The van der Waals surface area contributed by atoms with Gasteiger partial charge in [-0.2, -0.15) is 0 Å². The molecule has 0 bridgehead atoms. The number of carbonyl (C=O) groups excluding carboxylic acids is 1. The first-order valence-corrected chi connectivity index (χ1v) is 4.42. The number of ketones is 1. The van der Waals surface area contributed by atoms with Crippen LogP contribution in [0.2, 0.25) is 0 Å². The molecule has 11 heavy (non-hydrogen) atoms. The van der Waals surface area contributed by atoms with Gasteiger partial charge in [-0.15, -0.1) is 0 Å². The minimum absolute atomic E-state index is 0.263. The lowest BCUT2D eigenvalue weighted by atomic mass is 10.2. The molecular weight excluding hydrogens is 140 g/mol. The molecule has 1 aliphatic rings. The average molecular weight is 156 g/mol. The molecule has 0 N–H and O–H groups in total. The molecule has 64 valence electrons. The molecule has 0 heterocycles. The van der Waals surface area contributed by atoms with Crippen molar-refractivity contribution in [3.63, 3.8) is 0 Å². The molecule has 0 amide bonds. The van der Waals surface area contributed by atoms with Crippen LogP contribution in [0.25, 0.3) is 0 Å². The highest BCUT2D eigenvalue weighted by molar-refractivity contribution is 5.79. The van der Waals surface area contributed by atoms with Gasteiger partial charge in [0.15, 0.2) is 5.78 Å². The summed E-state index contributed by atoms with van der Waals surface area (Å²) in [6.45, 7) is 2.88. The standard InChI is InChI=1S/C9H16O2/c1-2-11-7-9(10)6-5-8-3-4-8/h8H,2-7H2,1H3. The molecule has 1 saturated carbocycles. The van der Waals surface area contributed by atoms with Crippen LogP contribution in [0.4, 0.5) is 0 Å². The zero-order valence-corrected chi connectivity index (χ0v) is 7.14. The first-order valence-electron chi connectivity index (χ1n) is 4.42. The van der Waals surface area contributed by atoms with E-state index in [9.17, 15) is 4.79 Å². The Morgan fingerprint density at radius 2 is 2.27 bits per heavy atom. The molecular formula is C9H16O2. The fraction of sp³-hybridized carbons (Fsp3) is 0.889. The van der Waals surface area contributed by atoms with Crippen molar-refractivity contribution in [3.8, 4) is 0 Å². The molecule has 1 rings (SSSR count). The van der Waals surface area contributed by atoms with Crippen LogP contribution < -0.4 is 0 Å². The Balaban J connectivity index is 1.91. The van der Waals surface area contributed by atoms with Gasteiger partial charge in [0.2, 0.25) is 0 Å². The Morgan fingerprint density at radius 3 is 2.82 bits per heavy atom. The molecule has 0 saturated heterocycles. The SMILES string of the molecule is CCOCC(=O)CCC1CC1. The van der Waals surface area contributed by atoms with Crippen LogP contribution in [0, 0.1) is 5.92 Å². The molecule has 2 heteroatoms. The molecule has 0 spiro atoms. The van der Waals surface area contributed by atoms with E-state index < -0.39 is 0 Å². The zero-order valence-electron chi connectivity index (χ0n) is 7.14. The third kappa shape index (κ3) is 4.14. The predicted octanol–water partition coefficient (Wildman–Crippen LogP) is 1.78. The maximum Gasteiger partial charge on any atom is 0.158 e. The van der Waals surface area contributed by atoms with Crippen LogP contribution >= 0.6 is 0 Å². The molecule has 0 aromatic rings. The van der Waals surface area contributed by atoms with Crippen LogP contribution in [0.15, 0.2) is 0 Å². The Morgan fingerprint density at radius 1 is 1.55 bits per heavy atom. The number of ether oxygens (including phenoxy) is 1. The van der Waals surface area contributed by atoms with Crippen molar-refractivity contribution in [2.75, 3.05) is 13.2 Å². The second-order valence-electron chi connectivity index (χ2n) is 3.16. The topological polar surface area (TPSA) is 26.3 Å². The molecule has 0 radical (unpaired) electrons. The van der Waals surface area contributed by atoms with E-state index in [1.807, 2.05) is 6.92 Å². The molecule has 2 nitrogen and oxygen atoms in total. The van der Waals surface area contributed by atoms with Crippen molar-refractivity contribution in [1.29, 1.82) is 0 Å². The Kier molecular flexibility index (Phi) is 3.57. The summed E-state index contributed by atoms with van der Waals surface area (Å²) in [4.78, 5) is 11.0. The summed E-state index contributed by atoms with van der Waals surface area (Å²) in [6, 6.07) is 0. The van der Waals surface area contributed by atoms with Crippen LogP contribution in [0.5, 0.6) is 0 Å². The van der Waals surface area contributed by atoms with Crippen molar-refractivity contribution in [3.05, 3.63) is 0 Å². The largest absolute Gasteiger partial charge is 0.374 e. The van der Waals surface area contributed by atoms with Gasteiger partial charge in [-0.1, -0.05) is 12.8 Å². The average Bonchev–Trinajstić information content (AvgIpc) is 2.80. The lowest BCUT2D eigenvalue weighted by Crippen LogP contribution is -2.08. The number of rotatable bonds is 6. The van der Waals surface area contributed by atoms with Gasteiger partial charge in [-0.3, -0.25) is 4.79 Å². The molecule has 0 unspecified atom stereocenters. The number of carbonyl (C=O) groups is 1. The summed E-state index contributed by atoms with van der Waals surface area (Å²) >= 11 is 0. The lowest BCUT2D eigenvalue weighted by Gasteiger charge is -1.99. The van der Waals surface area contributed by atoms with Crippen molar-refractivity contribution < 1.29 is 9.53 Å². The smallest absolute Gasteiger partial charge is 0.158 e. The van der Waals surface area contributed by atoms with Gasteiger partial charge in [-0.25, -0.2) is 0 Å². The van der Waals surface area contributed by atoms with Crippen molar-refractivity contribution in [2.45, 2.75) is 32.6 Å². The summed E-state index contributed by atoms with van der Waals surface area (Å²) in [5, 5.41) is 0. The second-order valence-corrected chi connectivity index (χ2v) is 3.16. The van der Waals surface area contributed by atoms with E-state index in [1.54, 1.807) is 0 Å². The molecule has 1 aliphatic carbocycles. The molecule has 0 aromatic heterocycles. The highest BCUT2D eigenvalue weighted by Crippen LogP contribution is 2.33. The molecule has 1 fully saturated rings. The van der Waals surface area contributed by atoms with E-state index in [4.69, 9.17) is 4.74 Å². The van der Waals surface area contributed by atoms with Gasteiger partial charge < -0.3 is 4.74 Å². The van der Waals surface area contributed by atoms with Gasteiger partial charge in [0.1, 0.15) is 6.61 Å². The fourth-order valence-electron chi connectivity index (χ4n) is 1.06. The molecule has 0 atom stereocenters. The Bertz CT molecular complexity index is 128. The van der Waals surface area contributed by atoms with E-state index in [0.29, 0.717) is 13.2 Å². The first-order chi connectivity index (χ1) is 5.33. The summed E-state index contributed by atoms with van der Waals surface area (Å²) in [5.74, 6) is 1.12. The summed E-state index contributed by atoms with van der Waals surface area (Å²) < 4.78 is 5.00. The summed E-state index contributed by atoms with van der Waals surface area (Å²) in [5.41, 5.74) is 0. The monoisotopic (exact) mass is 156 g/mol. The van der Waals surface area contributed by atoms with Crippen LogP contribution in [0.1, 0.15) is 32.6 Å². The predicted molar refractivity (Wildman–Crippen MR) is 43.5 cm³/mol. The van der Waals surface area contributed by atoms with Crippen LogP contribution in [-0.4, -0.2) is 19.0 Å². The quantitative estimate of drug-likeness (QED) is 0.586. The van der Waals surface area contributed by atoms with E-state index in [1.165, 1.54) is 12.8 Å². The van der Waals surface area contributed by atoms with E-state index in [0.717, 1.165) is 18.8 Å². The van der Waals surface area contributed by atoms with E-state index in [2.05, 4.69) is 0 Å². The van der Waals surface area contributed by atoms with Gasteiger partial charge in [0, 0.05) is 13.0 Å². The minimum Gasteiger partial charge on any atom is -0.374 e. The number of hydrogen-bond donors (Lipinski definition) is 0. The van der Waals surface area contributed by atoms with Crippen molar-refractivity contribution >= 4 is 5.78 Å². The van der Waals surface area contributed by atoms with E-state index in [-0.39, 0.29) is 5.78 Å². The van der Waals surface area contributed by atoms with Gasteiger partial charge in [0.05, 0.1) is 0 Å². The third-order valence-electron chi connectivity index (χ3n) is 2.00. The molecule has 0 aromatic carbocycles. The van der Waals surface area contributed by atoms with Crippen molar-refractivity contribution in [2.24, 2.45) is 5.92 Å². The Hall–Kier alpha value is -0.370. The van der Waals surface area contributed by atoms with Crippen LogP contribution in [-0.2, 0) is 9.53 Å². The van der Waals surface area contributed by atoms with Crippen LogP contribution in [0.3, 0.4) is 0 Å². The number of Topliss-reactive ketones (excluding diaryl/α,β-unsaturated/α-hetero) is 1. The summed E-state index contributed by atoms with van der Waals surface area (Å²) in [7, 11) is 0. The van der Waals surface area contributed by atoms with E-state index >= 15 is 0 Å². The fourth-order valence-corrected chi connectivity index (χ4v) is 1.06. The maximum absolute atomic E-state index is 11.0.